The van der Waals surface area contributed by atoms with Crippen LogP contribution in [0, 0.1) is 11.6 Å². The molecule has 3 amide bonds. The van der Waals surface area contributed by atoms with E-state index in [0.717, 1.165) is 22.6 Å². The highest BCUT2D eigenvalue weighted by Gasteiger charge is 2.44. The second-order valence-electron chi connectivity index (χ2n) is 7.19. The maximum absolute atomic E-state index is 13.3. The number of nitrogens with zero attached hydrogens (tertiary/aromatic N) is 2. The fourth-order valence-corrected chi connectivity index (χ4v) is 3.58. The molecule has 1 atom stereocenters. The Morgan fingerprint density at radius 2 is 1.45 bits per heavy atom. The molecular weight excluding hydrogens is 402 g/mol. The van der Waals surface area contributed by atoms with E-state index < -0.39 is 35.4 Å². The molecule has 4 rings (SSSR count). The molecule has 5 nitrogen and oxygen atoms in total. The maximum Gasteiger partial charge on any atom is 0.257 e. The Hall–Kier alpha value is -3.87. The Bertz CT molecular complexity index is 1120. The van der Waals surface area contributed by atoms with Crippen LogP contribution in [0.3, 0.4) is 0 Å². The standard InChI is InChI=1S/C24H18F2N2O3/c25-18-8-6-17(7-9-18)23(30)27(15-16-4-2-1-3-5-16)21-14-22(29)28(24(21)31)20-12-10-19(26)11-13-20/h1-13,21H,14-15H2. The molecule has 0 aromatic heterocycles. The molecule has 1 aliphatic heterocycles. The Kier molecular flexibility index (Phi) is 5.58. The molecule has 0 N–H and O–H groups in total. The van der Waals surface area contributed by atoms with Gasteiger partial charge in [-0.2, -0.15) is 0 Å². The van der Waals surface area contributed by atoms with Crippen molar-refractivity contribution in [1.29, 1.82) is 0 Å². The highest BCUT2D eigenvalue weighted by Crippen LogP contribution is 2.28. The SMILES string of the molecule is O=C1CC(N(Cc2ccccc2)C(=O)c2ccc(F)cc2)C(=O)N1c1ccc(F)cc1. The van der Waals surface area contributed by atoms with Gasteiger partial charge in [0.15, 0.2) is 0 Å². The van der Waals surface area contributed by atoms with Gasteiger partial charge in [0.05, 0.1) is 12.1 Å². The van der Waals surface area contributed by atoms with Crippen LogP contribution in [0.15, 0.2) is 78.9 Å². The second-order valence-corrected chi connectivity index (χ2v) is 7.19. The largest absolute Gasteiger partial charge is 0.322 e. The van der Waals surface area contributed by atoms with Crippen molar-refractivity contribution in [2.24, 2.45) is 0 Å². The van der Waals surface area contributed by atoms with Crippen LogP contribution in [-0.4, -0.2) is 28.7 Å². The second kappa shape index (κ2) is 8.47. The first kappa shape index (κ1) is 20.4. The number of amides is 3. The highest BCUT2D eigenvalue weighted by atomic mass is 19.1. The van der Waals surface area contributed by atoms with E-state index in [0.29, 0.717) is 0 Å². The van der Waals surface area contributed by atoms with Gasteiger partial charge < -0.3 is 4.90 Å². The molecule has 0 spiro atoms. The van der Waals surface area contributed by atoms with Crippen molar-refractivity contribution in [2.75, 3.05) is 4.90 Å². The summed E-state index contributed by atoms with van der Waals surface area (Å²) in [6.07, 6.45) is -0.198. The third-order valence-corrected chi connectivity index (χ3v) is 5.13. The maximum atomic E-state index is 13.3. The Balaban J connectivity index is 1.68. The summed E-state index contributed by atoms with van der Waals surface area (Å²) in [6.45, 7) is 0.0952. The van der Waals surface area contributed by atoms with Crippen LogP contribution in [0.25, 0.3) is 0 Å². The van der Waals surface area contributed by atoms with Gasteiger partial charge in [0.2, 0.25) is 5.91 Å². The topological polar surface area (TPSA) is 57.7 Å². The number of anilines is 1. The Morgan fingerprint density at radius 1 is 0.871 bits per heavy atom. The Labute approximate surface area is 177 Å². The van der Waals surface area contributed by atoms with Crippen LogP contribution < -0.4 is 4.90 Å². The molecule has 31 heavy (non-hydrogen) atoms. The summed E-state index contributed by atoms with van der Waals surface area (Å²) in [7, 11) is 0. The molecule has 3 aromatic rings. The van der Waals surface area contributed by atoms with Crippen molar-refractivity contribution in [1.82, 2.24) is 4.90 Å². The average molecular weight is 420 g/mol. The smallest absolute Gasteiger partial charge is 0.257 e. The highest BCUT2D eigenvalue weighted by molar-refractivity contribution is 6.23. The summed E-state index contributed by atoms with van der Waals surface area (Å²) in [5.41, 5.74) is 1.23. The first-order chi connectivity index (χ1) is 14.9. The lowest BCUT2D eigenvalue weighted by molar-refractivity contribution is -0.122. The summed E-state index contributed by atoms with van der Waals surface area (Å²) < 4.78 is 26.6. The number of halogens is 2. The number of imide groups is 1. The van der Waals surface area contributed by atoms with Gasteiger partial charge in [-0.15, -0.1) is 0 Å². The van der Waals surface area contributed by atoms with Crippen molar-refractivity contribution in [3.63, 3.8) is 0 Å². The van der Waals surface area contributed by atoms with Crippen LogP contribution in [-0.2, 0) is 16.1 Å². The van der Waals surface area contributed by atoms with Crippen molar-refractivity contribution in [3.8, 4) is 0 Å². The molecule has 3 aromatic carbocycles. The molecular formula is C24H18F2N2O3. The zero-order valence-electron chi connectivity index (χ0n) is 16.4. The van der Waals surface area contributed by atoms with Gasteiger partial charge >= 0.3 is 0 Å². The first-order valence-corrected chi connectivity index (χ1v) is 9.67. The summed E-state index contributed by atoms with van der Waals surface area (Å²) in [5, 5.41) is 0. The van der Waals surface area contributed by atoms with E-state index in [-0.39, 0.29) is 24.2 Å². The predicted molar refractivity (Wildman–Crippen MR) is 110 cm³/mol. The molecule has 1 fully saturated rings. The van der Waals surface area contributed by atoms with Crippen molar-refractivity contribution in [2.45, 2.75) is 19.0 Å². The third kappa shape index (κ3) is 4.21. The van der Waals surface area contributed by atoms with E-state index in [1.807, 2.05) is 30.3 Å². The lowest BCUT2D eigenvalue weighted by Gasteiger charge is -2.28. The lowest BCUT2D eigenvalue weighted by atomic mass is 10.1. The van der Waals surface area contributed by atoms with Gasteiger partial charge in [-0.1, -0.05) is 30.3 Å². The van der Waals surface area contributed by atoms with Crippen LogP contribution in [0.4, 0.5) is 14.5 Å². The number of carbonyl (C=O) groups is 3. The molecule has 0 aliphatic carbocycles. The van der Waals surface area contributed by atoms with Crippen molar-refractivity contribution >= 4 is 23.4 Å². The van der Waals surface area contributed by atoms with Gasteiger partial charge in [0.25, 0.3) is 11.8 Å². The predicted octanol–water partition coefficient (Wildman–Crippen LogP) is 3.94. The molecule has 0 radical (unpaired) electrons. The Morgan fingerprint density at radius 3 is 2.06 bits per heavy atom. The van der Waals surface area contributed by atoms with E-state index in [2.05, 4.69) is 0 Å². The van der Waals surface area contributed by atoms with Gasteiger partial charge in [0.1, 0.15) is 17.7 Å². The van der Waals surface area contributed by atoms with Gasteiger partial charge in [-0.3, -0.25) is 14.4 Å². The quantitative estimate of drug-likeness (QED) is 0.588. The summed E-state index contributed by atoms with van der Waals surface area (Å²) in [5.74, 6) is -2.51. The minimum Gasteiger partial charge on any atom is -0.322 e. The van der Waals surface area contributed by atoms with Crippen LogP contribution >= 0.6 is 0 Å². The minimum atomic E-state index is -1.03. The summed E-state index contributed by atoms with van der Waals surface area (Å²) >= 11 is 0. The third-order valence-electron chi connectivity index (χ3n) is 5.13. The van der Waals surface area contributed by atoms with Gasteiger partial charge in [0, 0.05) is 12.1 Å². The zero-order chi connectivity index (χ0) is 22.0. The molecule has 0 saturated carbocycles. The van der Waals surface area contributed by atoms with Crippen LogP contribution in [0.2, 0.25) is 0 Å². The number of carbonyl (C=O) groups excluding carboxylic acids is 3. The zero-order valence-corrected chi connectivity index (χ0v) is 16.4. The van der Waals surface area contributed by atoms with E-state index >= 15 is 0 Å². The fourth-order valence-electron chi connectivity index (χ4n) is 3.58. The number of rotatable bonds is 5. The van der Waals surface area contributed by atoms with E-state index in [1.54, 1.807) is 0 Å². The van der Waals surface area contributed by atoms with Gasteiger partial charge in [-0.05, 0) is 54.1 Å². The first-order valence-electron chi connectivity index (χ1n) is 9.67. The van der Waals surface area contributed by atoms with Crippen molar-refractivity contribution < 1.29 is 23.2 Å². The van der Waals surface area contributed by atoms with Crippen molar-refractivity contribution in [3.05, 3.63) is 102 Å². The summed E-state index contributed by atoms with van der Waals surface area (Å²) in [6, 6.07) is 18.1. The normalized spacial score (nSPS) is 15.9. The van der Waals surface area contributed by atoms with Crippen LogP contribution in [0.5, 0.6) is 0 Å². The minimum absolute atomic E-state index is 0.0952. The molecule has 1 saturated heterocycles. The van der Waals surface area contributed by atoms with E-state index in [9.17, 15) is 23.2 Å². The summed E-state index contributed by atoms with van der Waals surface area (Å²) in [4.78, 5) is 41.4. The molecule has 7 heteroatoms. The van der Waals surface area contributed by atoms with Crippen LogP contribution in [0.1, 0.15) is 22.3 Å². The molecule has 1 unspecified atom stereocenters. The lowest BCUT2D eigenvalue weighted by Crippen LogP contribution is -2.45. The molecule has 0 bridgehead atoms. The monoisotopic (exact) mass is 420 g/mol. The number of hydrogen-bond acceptors (Lipinski definition) is 3. The van der Waals surface area contributed by atoms with Gasteiger partial charge in [-0.25, -0.2) is 13.7 Å². The fraction of sp³-hybridized carbons (Fsp3) is 0.125. The average Bonchev–Trinajstić information content (AvgIpc) is 3.07. The molecule has 1 aliphatic rings. The molecule has 1 heterocycles. The molecule has 156 valence electrons. The van der Waals surface area contributed by atoms with E-state index in [4.69, 9.17) is 0 Å². The number of hydrogen-bond donors (Lipinski definition) is 0. The van der Waals surface area contributed by atoms with E-state index in [1.165, 1.54) is 41.3 Å². The number of benzene rings is 3.